The first-order valence-electron chi connectivity index (χ1n) is 1.81. The molecular weight excluding hydrogens is 167 g/mol. The molecular formula is C4H8Sn. The Morgan fingerprint density at radius 3 is 2.00 bits per heavy atom. The van der Waals surface area contributed by atoms with Gasteiger partial charge in [0, 0.05) is 0 Å². The summed E-state index contributed by atoms with van der Waals surface area (Å²) in [7, 11) is 0. The number of rotatable bonds is 1. The van der Waals surface area contributed by atoms with E-state index >= 15 is 0 Å². The molecule has 2 radical (unpaired) electrons. The predicted molar refractivity (Wildman–Crippen MR) is 26.7 cm³/mol. The Bertz CT molecular complexity index is 38.9. The maximum atomic E-state index is 2.18. The summed E-state index contributed by atoms with van der Waals surface area (Å²) in [5, 5.41) is 0. The van der Waals surface area contributed by atoms with Gasteiger partial charge >= 0.3 is 45.8 Å². The first-order valence-corrected chi connectivity index (χ1v) is 3.24. The zero-order chi connectivity index (χ0) is 4.28. The summed E-state index contributed by atoms with van der Waals surface area (Å²) in [5.74, 6) is 0. The van der Waals surface area contributed by atoms with Crippen LogP contribution in [0.4, 0.5) is 0 Å². The minimum absolute atomic E-state index is 1.26. The average molecular weight is 175 g/mol. The summed E-state index contributed by atoms with van der Waals surface area (Å²) < 4.78 is 1.59. The van der Waals surface area contributed by atoms with E-state index in [1.807, 2.05) is 0 Å². The van der Waals surface area contributed by atoms with E-state index in [1.165, 1.54) is 6.42 Å². The molecule has 0 aromatic heterocycles. The van der Waals surface area contributed by atoms with Gasteiger partial charge < -0.3 is 0 Å². The van der Waals surface area contributed by atoms with Crippen LogP contribution in [0.2, 0.25) is 0 Å². The molecule has 0 aromatic carbocycles. The molecule has 0 N–H and O–H groups in total. The van der Waals surface area contributed by atoms with Crippen molar-refractivity contribution in [2.24, 2.45) is 0 Å². The summed E-state index contributed by atoms with van der Waals surface area (Å²) >= 11 is 1.59. The quantitative estimate of drug-likeness (QED) is 0.516. The molecule has 0 aliphatic carbocycles. The van der Waals surface area contributed by atoms with Crippen molar-refractivity contribution in [1.82, 2.24) is 0 Å². The Labute approximate surface area is 46.2 Å². The van der Waals surface area contributed by atoms with E-state index in [1.54, 1.807) is 25.6 Å². The normalized spacial score (nSPS) is 7.60. The summed E-state index contributed by atoms with van der Waals surface area (Å²) in [6, 6.07) is 0. The van der Waals surface area contributed by atoms with E-state index in [4.69, 9.17) is 0 Å². The third kappa shape index (κ3) is 4.67. The Balaban J connectivity index is 2.85. The van der Waals surface area contributed by atoms with Crippen LogP contribution in [0.25, 0.3) is 0 Å². The second kappa shape index (κ2) is 2.88. The summed E-state index contributed by atoms with van der Waals surface area (Å²) in [6.07, 6.45) is 1.26. The fourth-order valence-corrected chi connectivity index (χ4v) is 0. The molecule has 0 atom stereocenters. The first-order chi connectivity index (χ1) is 2.27. The molecule has 0 aliphatic rings. The van der Waals surface area contributed by atoms with Crippen LogP contribution in [-0.2, 0) is 0 Å². The van der Waals surface area contributed by atoms with Gasteiger partial charge in [-0.1, -0.05) is 0 Å². The monoisotopic (exact) mass is 176 g/mol. The van der Waals surface area contributed by atoms with Crippen LogP contribution in [0, 0.1) is 0 Å². The van der Waals surface area contributed by atoms with Crippen LogP contribution in [0.1, 0.15) is 20.3 Å². The van der Waals surface area contributed by atoms with Gasteiger partial charge in [-0.2, -0.15) is 0 Å². The number of hydrogen-bond acceptors (Lipinski definition) is 0. The standard InChI is InChI=1S/C4H8.Sn/c1-3-4-2;/h3H2,1-2H3;. The van der Waals surface area contributed by atoms with Crippen LogP contribution >= 0.6 is 0 Å². The number of hydrogen-bond donors (Lipinski definition) is 0. The molecule has 0 unspecified atom stereocenters. The van der Waals surface area contributed by atoms with Crippen LogP contribution < -0.4 is 0 Å². The van der Waals surface area contributed by atoms with Gasteiger partial charge in [0.1, 0.15) is 0 Å². The minimum atomic E-state index is 1.26. The maximum absolute atomic E-state index is 2.18. The van der Waals surface area contributed by atoms with Gasteiger partial charge in [0.05, 0.1) is 0 Å². The molecule has 5 heavy (non-hydrogen) atoms. The molecule has 0 saturated carbocycles. The van der Waals surface area contributed by atoms with E-state index in [0.29, 0.717) is 0 Å². The third-order valence-corrected chi connectivity index (χ3v) is 1.54. The van der Waals surface area contributed by atoms with Gasteiger partial charge in [0.25, 0.3) is 0 Å². The zero-order valence-electron chi connectivity index (χ0n) is 3.71. The van der Waals surface area contributed by atoms with Gasteiger partial charge in [-0.25, -0.2) is 0 Å². The second-order valence-corrected chi connectivity index (χ2v) is 3.57. The molecule has 0 spiro atoms. The van der Waals surface area contributed by atoms with E-state index in [9.17, 15) is 0 Å². The third-order valence-electron chi connectivity index (χ3n) is 0.530. The van der Waals surface area contributed by atoms with Gasteiger partial charge in [-0.3, -0.25) is 0 Å². The molecule has 1 heteroatoms. The van der Waals surface area contributed by atoms with E-state index in [2.05, 4.69) is 13.8 Å². The van der Waals surface area contributed by atoms with Crippen molar-refractivity contribution in [3.05, 3.63) is 0 Å². The van der Waals surface area contributed by atoms with Crippen LogP contribution in [0.15, 0.2) is 0 Å². The Hall–Kier alpha value is 0.669. The zero-order valence-corrected chi connectivity index (χ0v) is 6.56. The molecule has 0 heterocycles. The average Bonchev–Trinajstić information content (AvgIpc) is 1.38. The molecule has 0 amide bonds. The van der Waals surface area contributed by atoms with Crippen molar-refractivity contribution in [3.63, 3.8) is 0 Å². The van der Waals surface area contributed by atoms with Crippen molar-refractivity contribution >= 4 is 25.6 Å². The van der Waals surface area contributed by atoms with Gasteiger partial charge in [0.15, 0.2) is 0 Å². The molecule has 0 rings (SSSR count). The fourth-order valence-electron chi connectivity index (χ4n) is 0. The molecule has 0 bridgehead atoms. The first kappa shape index (κ1) is 5.67. The van der Waals surface area contributed by atoms with Crippen LogP contribution in [0.3, 0.4) is 0 Å². The molecule has 0 fully saturated rings. The summed E-state index contributed by atoms with van der Waals surface area (Å²) in [5.41, 5.74) is 0. The van der Waals surface area contributed by atoms with Crippen LogP contribution in [-0.4, -0.2) is 25.6 Å². The van der Waals surface area contributed by atoms with Crippen LogP contribution in [0.5, 0.6) is 0 Å². The van der Waals surface area contributed by atoms with E-state index < -0.39 is 0 Å². The predicted octanol–water partition coefficient (Wildman–Crippen LogP) is 0.757. The molecule has 0 nitrogen and oxygen atoms in total. The van der Waals surface area contributed by atoms with Gasteiger partial charge in [-0.05, 0) is 0 Å². The molecule has 28 valence electrons. The fraction of sp³-hybridized carbons (Fsp3) is 0.750. The van der Waals surface area contributed by atoms with Crippen molar-refractivity contribution in [2.45, 2.75) is 20.3 Å². The topological polar surface area (TPSA) is 0 Å². The van der Waals surface area contributed by atoms with Crippen molar-refractivity contribution in [3.8, 4) is 0 Å². The summed E-state index contributed by atoms with van der Waals surface area (Å²) in [6.45, 7) is 4.36. The van der Waals surface area contributed by atoms with Crippen molar-refractivity contribution in [1.29, 1.82) is 0 Å². The Kier molecular flexibility index (Phi) is 3.27. The summed E-state index contributed by atoms with van der Waals surface area (Å²) in [4.78, 5) is 0. The Morgan fingerprint density at radius 1 is 1.80 bits per heavy atom. The Morgan fingerprint density at radius 2 is 2.00 bits per heavy atom. The SMILES string of the molecule is CC[C](C)=[Sn]. The second-order valence-electron chi connectivity index (χ2n) is 1.13. The van der Waals surface area contributed by atoms with E-state index in [0.717, 1.165) is 0 Å². The molecule has 0 saturated heterocycles. The molecule has 0 aliphatic heterocycles. The molecule has 0 aromatic rings. The van der Waals surface area contributed by atoms with Crippen molar-refractivity contribution < 1.29 is 0 Å². The van der Waals surface area contributed by atoms with E-state index in [-0.39, 0.29) is 0 Å². The van der Waals surface area contributed by atoms with Gasteiger partial charge in [-0.15, -0.1) is 0 Å². The van der Waals surface area contributed by atoms with Gasteiger partial charge in [0.2, 0.25) is 0 Å². The van der Waals surface area contributed by atoms with Crippen molar-refractivity contribution in [2.75, 3.05) is 0 Å².